The second-order valence-electron chi connectivity index (χ2n) is 5.18. The second-order valence-corrected chi connectivity index (χ2v) is 7.12. The van der Waals surface area contributed by atoms with Gasteiger partial charge in [0.15, 0.2) is 0 Å². The van der Waals surface area contributed by atoms with E-state index in [1.165, 1.54) is 31.2 Å². The van der Waals surface area contributed by atoms with Crippen LogP contribution in [-0.2, 0) is 5.41 Å². The van der Waals surface area contributed by atoms with Crippen LogP contribution < -0.4 is 5.32 Å². The molecular formula is C15H21ClIN. The Hall–Kier alpha value is 0.200. The molecule has 3 heteroatoms. The standard InChI is InChI=1S/C15H21ClIN/c1-3-4-14(18-2)15(10-9-13(15)17)11-5-7-12(16)8-6-11/h5-8,13-14,18H,3-4,9-10H2,1-2H3. The predicted molar refractivity (Wildman–Crippen MR) is 87.9 cm³/mol. The van der Waals surface area contributed by atoms with Gasteiger partial charge in [-0.15, -0.1) is 0 Å². The Morgan fingerprint density at radius 3 is 2.50 bits per heavy atom. The van der Waals surface area contributed by atoms with Gasteiger partial charge in [0.2, 0.25) is 0 Å². The molecule has 0 radical (unpaired) electrons. The highest BCUT2D eigenvalue weighted by Crippen LogP contribution is 2.51. The molecule has 0 aliphatic heterocycles. The van der Waals surface area contributed by atoms with Crippen molar-refractivity contribution in [1.29, 1.82) is 0 Å². The summed E-state index contributed by atoms with van der Waals surface area (Å²) in [6.45, 7) is 2.26. The van der Waals surface area contributed by atoms with Gasteiger partial charge in [-0.05, 0) is 44.0 Å². The number of nitrogens with one attached hydrogen (secondary N) is 1. The van der Waals surface area contributed by atoms with Crippen LogP contribution in [0.3, 0.4) is 0 Å². The molecule has 3 atom stereocenters. The quantitative estimate of drug-likeness (QED) is 0.586. The zero-order chi connectivity index (χ0) is 13.2. The first-order valence-electron chi connectivity index (χ1n) is 6.72. The predicted octanol–water partition coefficient (Wildman–Crippen LogP) is 4.56. The smallest absolute Gasteiger partial charge is 0.0406 e. The lowest BCUT2D eigenvalue weighted by Gasteiger charge is -2.52. The Morgan fingerprint density at radius 2 is 2.11 bits per heavy atom. The van der Waals surface area contributed by atoms with Gasteiger partial charge < -0.3 is 5.32 Å². The first-order valence-corrected chi connectivity index (χ1v) is 8.35. The van der Waals surface area contributed by atoms with E-state index in [1.54, 1.807) is 0 Å². The maximum Gasteiger partial charge on any atom is 0.0406 e. The van der Waals surface area contributed by atoms with Crippen LogP contribution in [0.2, 0.25) is 5.02 Å². The van der Waals surface area contributed by atoms with Gasteiger partial charge in [-0.3, -0.25) is 0 Å². The fourth-order valence-electron chi connectivity index (χ4n) is 3.19. The van der Waals surface area contributed by atoms with Crippen LogP contribution in [0.5, 0.6) is 0 Å². The molecule has 100 valence electrons. The third-order valence-electron chi connectivity index (χ3n) is 4.30. The summed E-state index contributed by atoms with van der Waals surface area (Å²) in [5.74, 6) is 0. The van der Waals surface area contributed by atoms with E-state index in [0.717, 1.165) is 8.95 Å². The highest BCUT2D eigenvalue weighted by molar-refractivity contribution is 14.1. The van der Waals surface area contributed by atoms with Crippen molar-refractivity contribution in [2.45, 2.75) is 48.0 Å². The second kappa shape index (κ2) is 6.10. The van der Waals surface area contributed by atoms with E-state index < -0.39 is 0 Å². The Kier molecular flexibility index (Phi) is 4.95. The highest BCUT2D eigenvalue weighted by Gasteiger charge is 2.51. The average Bonchev–Trinajstić information content (AvgIpc) is 2.38. The Labute approximate surface area is 129 Å². The molecule has 1 aromatic rings. The van der Waals surface area contributed by atoms with Gasteiger partial charge in [-0.1, -0.05) is 59.7 Å². The first-order chi connectivity index (χ1) is 8.65. The molecule has 1 aromatic carbocycles. The van der Waals surface area contributed by atoms with E-state index in [1.807, 2.05) is 12.1 Å². The average molecular weight is 378 g/mol. The zero-order valence-electron chi connectivity index (χ0n) is 11.0. The Morgan fingerprint density at radius 1 is 1.44 bits per heavy atom. The molecule has 0 spiro atoms. The minimum Gasteiger partial charge on any atom is -0.316 e. The molecule has 1 saturated carbocycles. The number of alkyl halides is 1. The van der Waals surface area contributed by atoms with Gasteiger partial charge >= 0.3 is 0 Å². The van der Waals surface area contributed by atoms with Crippen LogP contribution in [0, 0.1) is 0 Å². The summed E-state index contributed by atoms with van der Waals surface area (Å²) < 4.78 is 0.722. The summed E-state index contributed by atoms with van der Waals surface area (Å²) >= 11 is 8.64. The summed E-state index contributed by atoms with van der Waals surface area (Å²) in [6.07, 6.45) is 5.07. The van der Waals surface area contributed by atoms with Crippen LogP contribution >= 0.6 is 34.2 Å². The van der Waals surface area contributed by atoms with E-state index in [2.05, 4.69) is 54.0 Å². The normalized spacial score (nSPS) is 28.8. The van der Waals surface area contributed by atoms with Crippen molar-refractivity contribution < 1.29 is 0 Å². The molecule has 0 heterocycles. The van der Waals surface area contributed by atoms with Gasteiger partial charge in [0.1, 0.15) is 0 Å². The molecular weight excluding hydrogens is 357 g/mol. The van der Waals surface area contributed by atoms with Gasteiger partial charge in [-0.25, -0.2) is 0 Å². The number of hydrogen-bond acceptors (Lipinski definition) is 1. The first kappa shape index (κ1) is 14.6. The monoisotopic (exact) mass is 377 g/mol. The SMILES string of the molecule is CCCC(NC)C1(c2ccc(Cl)cc2)CCC1I. The minimum absolute atomic E-state index is 0.301. The maximum absolute atomic E-state index is 6.02. The third kappa shape index (κ3) is 2.44. The van der Waals surface area contributed by atoms with Crippen molar-refractivity contribution in [1.82, 2.24) is 5.32 Å². The zero-order valence-corrected chi connectivity index (χ0v) is 14.0. The van der Waals surface area contributed by atoms with Crippen LogP contribution in [-0.4, -0.2) is 17.0 Å². The molecule has 1 aliphatic carbocycles. The van der Waals surface area contributed by atoms with Crippen molar-refractivity contribution in [2.75, 3.05) is 7.05 Å². The highest BCUT2D eigenvalue weighted by atomic mass is 127. The van der Waals surface area contributed by atoms with E-state index in [0.29, 0.717) is 11.5 Å². The Bertz CT molecular complexity index is 392. The fourth-order valence-corrected chi connectivity index (χ4v) is 4.73. The fraction of sp³-hybridized carbons (Fsp3) is 0.600. The molecule has 3 unspecified atom stereocenters. The van der Waals surface area contributed by atoms with Crippen molar-refractivity contribution in [2.24, 2.45) is 0 Å². The van der Waals surface area contributed by atoms with Gasteiger partial charge in [0.05, 0.1) is 0 Å². The molecule has 18 heavy (non-hydrogen) atoms. The van der Waals surface area contributed by atoms with Crippen LogP contribution in [0.15, 0.2) is 24.3 Å². The van der Waals surface area contributed by atoms with Crippen molar-refractivity contribution in [3.8, 4) is 0 Å². The number of benzene rings is 1. The molecule has 1 N–H and O–H groups in total. The van der Waals surface area contributed by atoms with E-state index in [9.17, 15) is 0 Å². The third-order valence-corrected chi connectivity index (χ3v) is 6.29. The van der Waals surface area contributed by atoms with Crippen molar-refractivity contribution in [3.63, 3.8) is 0 Å². The number of halogens is 2. The maximum atomic E-state index is 6.02. The van der Waals surface area contributed by atoms with Gasteiger partial charge in [-0.2, -0.15) is 0 Å². The lowest BCUT2D eigenvalue weighted by atomic mass is 9.59. The number of rotatable bonds is 5. The molecule has 0 aromatic heterocycles. The molecule has 1 fully saturated rings. The van der Waals surface area contributed by atoms with Crippen molar-refractivity contribution >= 4 is 34.2 Å². The van der Waals surface area contributed by atoms with Gasteiger partial charge in [0.25, 0.3) is 0 Å². The van der Waals surface area contributed by atoms with Gasteiger partial charge in [0, 0.05) is 20.4 Å². The lowest BCUT2D eigenvalue weighted by Crippen LogP contribution is -2.58. The summed E-state index contributed by atoms with van der Waals surface area (Å²) in [7, 11) is 2.10. The molecule has 1 aliphatic rings. The molecule has 1 nitrogen and oxygen atoms in total. The summed E-state index contributed by atoms with van der Waals surface area (Å²) in [5.41, 5.74) is 1.75. The van der Waals surface area contributed by atoms with E-state index in [-0.39, 0.29) is 0 Å². The van der Waals surface area contributed by atoms with Crippen LogP contribution in [0.4, 0.5) is 0 Å². The lowest BCUT2D eigenvalue weighted by molar-refractivity contribution is 0.187. The van der Waals surface area contributed by atoms with Crippen LogP contribution in [0.25, 0.3) is 0 Å². The van der Waals surface area contributed by atoms with E-state index in [4.69, 9.17) is 11.6 Å². The van der Waals surface area contributed by atoms with Crippen molar-refractivity contribution in [3.05, 3.63) is 34.9 Å². The van der Waals surface area contributed by atoms with Crippen LogP contribution in [0.1, 0.15) is 38.2 Å². The largest absolute Gasteiger partial charge is 0.316 e. The Balaban J connectivity index is 2.34. The van der Waals surface area contributed by atoms with E-state index >= 15 is 0 Å². The topological polar surface area (TPSA) is 12.0 Å². The summed E-state index contributed by atoms with van der Waals surface area (Å²) in [4.78, 5) is 0. The molecule has 2 rings (SSSR count). The molecule has 0 amide bonds. The molecule has 0 bridgehead atoms. The number of hydrogen-bond donors (Lipinski definition) is 1. The molecule has 0 saturated heterocycles. The summed E-state index contributed by atoms with van der Waals surface area (Å²) in [6, 6.07) is 9.05. The summed E-state index contributed by atoms with van der Waals surface area (Å²) in [5, 5.41) is 4.38. The number of likely N-dealkylation sites (N-methyl/N-ethyl adjacent to an activating group) is 1. The minimum atomic E-state index is 0.301.